The van der Waals surface area contributed by atoms with Crippen molar-refractivity contribution in [2.45, 2.75) is 18.9 Å². The number of pyridine rings is 1. The Labute approximate surface area is 113 Å². The highest BCUT2D eigenvalue weighted by molar-refractivity contribution is 6.33. The summed E-state index contributed by atoms with van der Waals surface area (Å²) in [6.07, 6.45) is 4.55. The molecule has 0 saturated carbocycles. The highest BCUT2D eigenvalue weighted by atomic mass is 35.5. The lowest BCUT2D eigenvalue weighted by Gasteiger charge is -2.36. The first-order valence-electron chi connectivity index (χ1n) is 6.14. The van der Waals surface area contributed by atoms with E-state index in [1.807, 2.05) is 7.05 Å². The SMILES string of the molecule is CN1CCC(N(C)c2ncc(C=O)cc2Cl)CC1. The first kappa shape index (κ1) is 13.3. The van der Waals surface area contributed by atoms with Crippen molar-refractivity contribution < 1.29 is 4.79 Å². The molecule has 1 aromatic rings. The van der Waals surface area contributed by atoms with Crippen LogP contribution in [0.5, 0.6) is 0 Å². The molecule has 0 radical (unpaired) electrons. The third-order valence-corrected chi connectivity index (χ3v) is 3.83. The van der Waals surface area contributed by atoms with Gasteiger partial charge in [-0.25, -0.2) is 4.98 Å². The number of anilines is 1. The van der Waals surface area contributed by atoms with Crippen LogP contribution in [0.1, 0.15) is 23.2 Å². The zero-order valence-electron chi connectivity index (χ0n) is 10.8. The Balaban J connectivity index is 2.13. The molecule has 5 heteroatoms. The summed E-state index contributed by atoms with van der Waals surface area (Å²) in [5.74, 6) is 0.761. The lowest BCUT2D eigenvalue weighted by Crippen LogP contribution is -2.42. The van der Waals surface area contributed by atoms with Crippen LogP contribution in [-0.4, -0.2) is 49.4 Å². The van der Waals surface area contributed by atoms with Gasteiger partial charge in [-0.05, 0) is 39.0 Å². The fraction of sp³-hybridized carbons (Fsp3) is 0.538. The van der Waals surface area contributed by atoms with Crippen LogP contribution in [0.25, 0.3) is 0 Å². The zero-order chi connectivity index (χ0) is 13.1. The van der Waals surface area contributed by atoms with E-state index in [4.69, 9.17) is 11.6 Å². The van der Waals surface area contributed by atoms with Crippen molar-refractivity contribution in [1.29, 1.82) is 0 Å². The number of hydrogen-bond acceptors (Lipinski definition) is 4. The van der Waals surface area contributed by atoms with Crippen molar-refractivity contribution >= 4 is 23.7 Å². The van der Waals surface area contributed by atoms with Crippen LogP contribution in [0.4, 0.5) is 5.82 Å². The Morgan fingerprint density at radius 3 is 2.72 bits per heavy atom. The molecule has 0 bridgehead atoms. The van der Waals surface area contributed by atoms with Crippen LogP contribution in [0.2, 0.25) is 5.02 Å². The van der Waals surface area contributed by atoms with Gasteiger partial charge in [-0.2, -0.15) is 0 Å². The first-order valence-corrected chi connectivity index (χ1v) is 6.51. The number of piperidine rings is 1. The Morgan fingerprint density at radius 1 is 1.50 bits per heavy atom. The molecular formula is C13H18ClN3O. The van der Waals surface area contributed by atoms with Gasteiger partial charge in [0.05, 0.1) is 5.02 Å². The Bertz CT molecular complexity index is 430. The Hall–Kier alpha value is -1.13. The van der Waals surface area contributed by atoms with Crippen molar-refractivity contribution in [2.24, 2.45) is 0 Å². The minimum atomic E-state index is 0.466. The van der Waals surface area contributed by atoms with Gasteiger partial charge < -0.3 is 9.80 Å². The van der Waals surface area contributed by atoms with Crippen LogP contribution in [0, 0.1) is 0 Å². The maximum absolute atomic E-state index is 10.7. The molecule has 0 amide bonds. The molecule has 2 heterocycles. The number of halogens is 1. The molecule has 0 aliphatic carbocycles. The molecule has 2 rings (SSSR count). The summed E-state index contributed by atoms with van der Waals surface area (Å²) in [6.45, 7) is 2.19. The molecule has 1 fully saturated rings. The van der Waals surface area contributed by atoms with E-state index in [1.165, 1.54) is 0 Å². The van der Waals surface area contributed by atoms with Crippen LogP contribution in [0.3, 0.4) is 0 Å². The van der Waals surface area contributed by atoms with Gasteiger partial charge in [-0.1, -0.05) is 11.6 Å². The van der Waals surface area contributed by atoms with Gasteiger partial charge in [-0.15, -0.1) is 0 Å². The summed E-state index contributed by atoms with van der Waals surface area (Å²) < 4.78 is 0. The number of rotatable bonds is 3. The monoisotopic (exact) mass is 267 g/mol. The molecular weight excluding hydrogens is 250 g/mol. The maximum atomic E-state index is 10.7. The van der Waals surface area contributed by atoms with E-state index in [9.17, 15) is 4.79 Å². The van der Waals surface area contributed by atoms with E-state index in [0.29, 0.717) is 16.6 Å². The van der Waals surface area contributed by atoms with Crippen LogP contribution >= 0.6 is 11.6 Å². The number of nitrogens with zero attached hydrogens (tertiary/aromatic N) is 3. The van der Waals surface area contributed by atoms with E-state index in [-0.39, 0.29) is 0 Å². The van der Waals surface area contributed by atoms with Gasteiger partial charge in [0, 0.05) is 24.8 Å². The van der Waals surface area contributed by atoms with Crippen molar-refractivity contribution in [3.05, 3.63) is 22.8 Å². The van der Waals surface area contributed by atoms with Crippen LogP contribution < -0.4 is 4.90 Å². The normalized spacial score (nSPS) is 17.7. The molecule has 1 aromatic heterocycles. The van der Waals surface area contributed by atoms with Crippen molar-refractivity contribution in [3.8, 4) is 0 Å². The quantitative estimate of drug-likeness (QED) is 0.786. The minimum Gasteiger partial charge on any atom is -0.355 e. The van der Waals surface area contributed by atoms with Crippen molar-refractivity contribution in [3.63, 3.8) is 0 Å². The molecule has 0 unspecified atom stereocenters. The molecule has 1 aliphatic heterocycles. The topological polar surface area (TPSA) is 36.4 Å². The van der Waals surface area contributed by atoms with E-state index in [2.05, 4.69) is 21.8 Å². The summed E-state index contributed by atoms with van der Waals surface area (Å²) in [7, 11) is 4.16. The third kappa shape index (κ3) is 2.82. The van der Waals surface area contributed by atoms with E-state index in [0.717, 1.165) is 38.0 Å². The fourth-order valence-electron chi connectivity index (χ4n) is 2.32. The smallest absolute Gasteiger partial charge is 0.151 e. The number of carbonyl (C=O) groups excluding carboxylic acids is 1. The molecule has 0 aromatic carbocycles. The highest BCUT2D eigenvalue weighted by Crippen LogP contribution is 2.27. The predicted octanol–water partition coefficient (Wildman–Crippen LogP) is 2.08. The number of aromatic nitrogens is 1. The fourth-order valence-corrected chi connectivity index (χ4v) is 2.63. The van der Waals surface area contributed by atoms with E-state index < -0.39 is 0 Å². The second-order valence-electron chi connectivity index (χ2n) is 4.84. The Morgan fingerprint density at radius 2 is 2.17 bits per heavy atom. The lowest BCUT2D eigenvalue weighted by molar-refractivity contribution is 0.112. The number of hydrogen-bond donors (Lipinski definition) is 0. The third-order valence-electron chi connectivity index (χ3n) is 3.55. The first-order chi connectivity index (χ1) is 8.61. The van der Waals surface area contributed by atoms with Gasteiger partial charge in [0.2, 0.25) is 0 Å². The van der Waals surface area contributed by atoms with Crippen LogP contribution in [-0.2, 0) is 0 Å². The summed E-state index contributed by atoms with van der Waals surface area (Å²) >= 11 is 6.18. The van der Waals surface area contributed by atoms with Gasteiger partial charge in [-0.3, -0.25) is 4.79 Å². The van der Waals surface area contributed by atoms with Gasteiger partial charge in [0.15, 0.2) is 6.29 Å². The maximum Gasteiger partial charge on any atom is 0.151 e. The number of likely N-dealkylation sites (tertiary alicyclic amines) is 1. The van der Waals surface area contributed by atoms with E-state index in [1.54, 1.807) is 12.3 Å². The standard InChI is InChI=1S/C13H18ClN3O/c1-16-5-3-11(4-6-16)17(2)13-12(14)7-10(9-18)8-15-13/h7-9,11H,3-6H2,1-2H3. The molecule has 1 saturated heterocycles. The predicted molar refractivity (Wildman–Crippen MR) is 73.6 cm³/mol. The molecule has 98 valence electrons. The largest absolute Gasteiger partial charge is 0.355 e. The summed E-state index contributed by atoms with van der Waals surface area (Å²) in [6, 6.07) is 2.13. The van der Waals surface area contributed by atoms with E-state index >= 15 is 0 Å². The average molecular weight is 268 g/mol. The number of aldehydes is 1. The van der Waals surface area contributed by atoms with Crippen molar-refractivity contribution in [1.82, 2.24) is 9.88 Å². The van der Waals surface area contributed by atoms with Gasteiger partial charge in [0.1, 0.15) is 5.82 Å². The second-order valence-corrected chi connectivity index (χ2v) is 5.24. The number of carbonyl (C=O) groups is 1. The molecule has 4 nitrogen and oxygen atoms in total. The molecule has 0 spiro atoms. The second kappa shape index (κ2) is 5.67. The van der Waals surface area contributed by atoms with Gasteiger partial charge >= 0.3 is 0 Å². The van der Waals surface area contributed by atoms with Crippen LogP contribution in [0.15, 0.2) is 12.3 Å². The zero-order valence-corrected chi connectivity index (χ0v) is 11.5. The molecule has 18 heavy (non-hydrogen) atoms. The van der Waals surface area contributed by atoms with Gasteiger partial charge in [0.25, 0.3) is 0 Å². The lowest BCUT2D eigenvalue weighted by atomic mass is 10.0. The highest BCUT2D eigenvalue weighted by Gasteiger charge is 2.22. The van der Waals surface area contributed by atoms with Crippen molar-refractivity contribution in [2.75, 3.05) is 32.1 Å². The summed E-state index contributed by atoms with van der Waals surface area (Å²) in [5, 5.41) is 0.543. The molecule has 1 aliphatic rings. The average Bonchev–Trinajstić information content (AvgIpc) is 2.38. The molecule has 0 atom stereocenters. The summed E-state index contributed by atoms with van der Waals surface area (Å²) in [4.78, 5) is 19.4. The minimum absolute atomic E-state index is 0.466. The summed E-state index contributed by atoms with van der Waals surface area (Å²) in [5.41, 5.74) is 0.514. The molecule has 0 N–H and O–H groups in total. The Kier molecular flexibility index (Phi) is 4.19.